The fourth-order valence-electron chi connectivity index (χ4n) is 2.99. The number of carbonyl (C=O) groups is 2. The van der Waals surface area contributed by atoms with Gasteiger partial charge < -0.3 is 15.0 Å². The Morgan fingerprint density at radius 2 is 1.75 bits per heavy atom. The largest absolute Gasteiger partial charge is 0.461 e. The second kappa shape index (κ2) is 10.7. The van der Waals surface area contributed by atoms with Crippen LogP contribution in [0.1, 0.15) is 30.3 Å². The van der Waals surface area contributed by atoms with E-state index < -0.39 is 12.0 Å². The molecule has 0 unspecified atom stereocenters. The highest BCUT2D eigenvalue weighted by molar-refractivity contribution is 6.30. The normalized spacial score (nSPS) is 10.5. The molecule has 0 aliphatic carbocycles. The van der Waals surface area contributed by atoms with Crippen LogP contribution in [0.25, 0.3) is 5.69 Å². The van der Waals surface area contributed by atoms with Crippen LogP contribution in [0.4, 0.5) is 22.2 Å². The summed E-state index contributed by atoms with van der Waals surface area (Å²) in [6.45, 7) is 2.29. The number of imidazole rings is 1. The molecular formula is C23H26ClN5O3. The number of halogens is 1. The zero-order chi connectivity index (χ0) is 23.1. The van der Waals surface area contributed by atoms with Crippen LogP contribution in [0.3, 0.4) is 0 Å². The number of rotatable bonds is 8. The molecule has 8 nitrogen and oxygen atoms in total. The highest BCUT2D eigenvalue weighted by Gasteiger charge is 2.27. The second-order valence-electron chi connectivity index (χ2n) is 7.25. The number of hydrogen-bond donors (Lipinski definition) is 2. The minimum Gasteiger partial charge on any atom is -0.461 e. The smallest absolute Gasteiger partial charge is 0.359 e. The molecule has 0 spiro atoms. The lowest BCUT2D eigenvalue weighted by atomic mass is 10.3. The van der Waals surface area contributed by atoms with E-state index in [2.05, 4.69) is 15.6 Å². The van der Waals surface area contributed by atoms with Crippen molar-refractivity contribution in [2.45, 2.75) is 19.8 Å². The summed E-state index contributed by atoms with van der Waals surface area (Å²) in [4.78, 5) is 32.0. The minimum atomic E-state index is -0.565. The molecule has 1 heterocycles. The monoisotopic (exact) mass is 455 g/mol. The molecule has 32 heavy (non-hydrogen) atoms. The lowest BCUT2D eigenvalue weighted by Gasteiger charge is -2.16. The van der Waals surface area contributed by atoms with Crippen molar-refractivity contribution in [2.24, 2.45) is 0 Å². The number of nitrogens with one attached hydrogen (secondary N) is 2. The number of benzene rings is 2. The van der Waals surface area contributed by atoms with Gasteiger partial charge in [0.25, 0.3) is 0 Å². The zero-order valence-electron chi connectivity index (χ0n) is 18.3. The fraction of sp³-hybridized carbons (Fsp3) is 0.261. The molecule has 3 rings (SSSR count). The van der Waals surface area contributed by atoms with E-state index in [0.717, 1.165) is 18.5 Å². The van der Waals surface area contributed by atoms with Crippen molar-refractivity contribution in [3.63, 3.8) is 0 Å². The molecule has 0 aliphatic heterocycles. The van der Waals surface area contributed by atoms with Crippen molar-refractivity contribution in [3.05, 3.63) is 65.3 Å². The van der Waals surface area contributed by atoms with Crippen molar-refractivity contribution in [1.82, 2.24) is 9.55 Å². The summed E-state index contributed by atoms with van der Waals surface area (Å²) in [6.07, 6.45) is 1.63. The number of anilines is 3. The standard InChI is InChI=1S/C23H26ClN5O3/c1-4-5-15-32-21(30)19-20(26-22(31)25-17-13-11-16(24)12-14-17)27-23(28(2)3)29(19)18-9-7-6-8-10-18/h6-14H,4-5,15H2,1-3H3,(H2,25,26,31). The van der Waals surface area contributed by atoms with Gasteiger partial charge in [-0.2, -0.15) is 4.98 Å². The van der Waals surface area contributed by atoms with Crippen molar-refractivity contribution >= 4 is 41.1 Å². The SMILES string of the molecule is CCCCOC(=O)c1c(NC(=O)Nc2ccc(Cl)cc2)nc(N(C)C)n1-c1ccccc1. The van der Waals surface area contributed by atoms with Crippen LogP contribution in [-0.4, -0.2) is 42.3 Å². The molecule has 1 aromatic heterocycles. The summed E-state index contributed by atoms with van der Waals surface area (Å²) in [5.41, 5.74) is 1.41. The number of ether oxygens (including phenoxy) is 1. The lowest BCUT2D eigenvalue weighted by Crippen LogP contribution is -2.22. The number of para-hydroxylation sites is 1. The van der Waals surface area contributed by atoms with Gasteiger partial charge >= 0.3 is 12.0 Å². The fourth-order valence-corrected chi connectivity index (χ4v) is 3.11. The Morgan fingerprint density at radius 1 is 1.06 bits per heavy atom. The number of unbranched alkanes of at least 4 members (excludes halogenated alkanes) is 1. The summed E-state index contributed by atoms with van der Waals surface area (Å²) in [5, 5.41) is 5.96. The number of carbonyl (C=O) groups excluding carboxylic acids is 2. The van der Waals surface area contributed by atoms with E-state index in [1.54, 1.807) is 33.7 Å². The van der Waals surface area contributed by atoms with Crippen LogP contribution >= 0.6 is 11.6 Å². The molecule has 0 saturated heterocycles. The Bertz CT molecular complexity index is 1070. The topological polar surface area (TPSA) is 88.5 Å². The van der Waals surface area contributed by atoms with E-state index in [9.17, 15) is 9.59 Å². The Morgan fingerprint density at radius 3 is 2.38 bits per heavy atom. The average Bonchev–Trinajstić information content (AvgIpc) is 3.15. The molecule has 0 atom stereocenters. The first-order chi connectivity index (χ1) is 15.4. The van der Waals surface area contributed by atoms with E-state index in [1.165, 1.54) is 0 Å². The van der Waals surface area contributed by atoms with Gasteiger partial charge in [0.2, 0.25) is 5.95 Å². The molecule has 2 N–H and O–H groups in total. The minimum absolute atomic E-state index is 0.102. The van der Waals surface area contributed by atoms with Gasteiger partial charge in [-0.1, -0.05) is 43.1 Å². The van der Waals surface area contributed by atoms with Gasteiger partial charge in [-0.25, -0.2) is 9.59 Å². The number of esters is 1. The first kappa shape index (κ1) is 23.1. The summed E-state index contributed by atoms with van der Waals surface area (Å²) >= 11 is 5.90. The van der Waals surface area contributed by atoms with E-state index in [0.29, 0.717) is 16.7 Å². The third kappa shape index (κ3) is 5.59. The second-order valence-corrected chi connectivity index (χ2v) is 7.69. The predicted octanol–water partition coefficient (Wildman–Crippen LogP) is 5.19. The number of urea groups is 1. The van der Waals surface area contributed by atoms with Crippen LogP contribution in [0.15, 0.2) is 54.6 Å². The van der Waals surface area contributed by atoms with Crippen LogP contribution in [0.2, 0.25) is 5.02 Å². The highest BCUT2D eigenvalue weighted by atomic mass is 35.5. The van der Waals surface area contributed by atoms with Gasteiger partial charge in [0.05, 0.1) is 6.61 Å². The summed E-state index contributed by atoms with van der Waals surface area (Å²) in [6, 6.07) is 15.5. The van der Waals surface area contributed by atoms with E-state index >= 15 is 0 Å². The van der Waals surface area contributed by atoms with Crippen molar-refractivity contribution in [3.8, 4) is 5.69 Å². The molecule has 0 saturated carbocycles. The van der Waals surface area contributed by atoms with Crippen molar-refractivity contribution in [1.29, 1.82) is 0 Å². The number of hydrogen-bond acceptors (Lipinski definition) is 5. The molecule has 0 fully saturated rings. The summed E-state index contributed by atoms with van der Waals surface area (Å²) in [7, 11) is 3.62. The molecule has 9 heteroatoms. The number of amides is 2. The first-order valence-electron chi connectivity index (χ1n) is 10.3. The Hall–Kier alpha value is -3.52. The Kier molecular flexibility index (Phi) is 7.72. The molecule has 0 radical (unpaired) electrons. The average molecular weight is 456 g/mol. The van der Waals surface area contributed by atoms with Gasteiger partial charge in [-0.3, -0.25) is 9.88 Å². The van der Waals surface area contributed by atoms with Gasteiger partial charge in [0.15, 0.2) is 11.5 Å². The Balaban J connectivity index is 1.98. The van der Waals surface area contributed by atoms with Crippen molar-refractivity contribution < 1.29 is 14.3 Å². The maximum Gasteiger partial charge on any atom is 0.359 e. The zero-order valence-corrected chi connectivity index (χ0v) is 19.0. The van der Waals surface area contributed by atoms with Crippen LogP contribution in [0, 0.1) is 0 Å². The van der Waals surface area contributed by atoms with Gasteiger partial charge in [-0.05, 0) is 42.8 Å². The molecule has 0 bridgehead atoms. The van der Waals surface area contributed by atoms with E-state index in [4.69, 9.17) is 16.3 Å². The predicted molar refractivity (Wildman–Crippen MR) is 127 cm³/mol. The summed E-state index contributed by atoms with van der Waals surface area (Å²) in [5.74, 6) is 0.00986. The van der Waals surface area contributed by atoms with Gasteiger partial charge in [0, 0.05) is 30.5 Å². The third-order valence-electron chi connectivity index (χ3n) is 4.53. The number of nitrogens with zero attached hydrogens (tertiary/aromatic N) is 3. The maximum absolute atomic E-state index is 13.1. The van der Waals surface area contributed by atoms with Gasteiger partial charge in [-0.15, -0.1) is 0 Å². The summed E-state index contributed by atoms with van der Waals surface area (Å²) < 4.78 is 7.15. The van der Waals surface area contributed by atoms with Crippen LogP contribution in [0.5, 0.6) is 0 Å². The number of aromatic nitrogens is 2. The van der Waals surface area contributed by atoms with Gasteiger partial charge in [0.1, 0.15) is 0 Å². The molecule has 3 aromatic rings. The van der Waals surface area contributed by atoms with Crippen LogP contribution < -0.4 is 15.5 Å². The Labute approximate surface area is 192 Å². The molecule has 168 valence electrons. The molecule has 2 aromatic carbocycles. The maximum atomic E-state index is 13.1. The van der Waals surface area contributed by atoms with E-state index in [1.807, 2.05) is 51.4 Å². The molecular weight excluding hydrogens is 430 g/mol. The van der Waals surface area contributed by atoms with Crippen LogP contribution in [-0.2, 0) is 4.74 Å². The van der Waals surface area contributed by atoms with E-state index in [-0.39, 0.29) is 18.1 Å². The highest BCUT2D eigenvalue weighted by Crippen LogP contribution is 2.28. The third-order valence-corrected chi connectivity index (χ3v) is 4.78. The van der Waals surface area contributed by atoms with Crippen molar-refractivity contribution in [2.75, 3.05) is 36.2 Å². The lowest BCUT2D eigenvalue weighted by molar-refractivity contribution is 0.0492. The molecule has 2 amide bonds. The molecule has 0 aliphatic rings. The first-order valence-corrected chi connectivity index (χ1v) is 10.6. The quantitative estimate of drug-likeness (QED) is 0.360.